The van der Waals surface area contributed by atoms with Gasteiger partial charge in [0.25, 0.3) is 11.8 Å². The van der Waals surface area contributed by atoms with Gasteiger partial charge in [0.15, 0.2) is 0 Å². The average molecular weight is 274 g/mol. The highest BCUT2D eigenvalue weighted by Gasteiger charge is 2.39. The lowest BCUT2D eigenvalue weighted by Crippen LogP contribution is -2.32. The van der Waals surface area contributed by atoms with Gasteiger partial charge in [0.2, 0.25) is 5.13 Å². The molecule has 2 heterocycles. The Morgan fingerprint density at radius 3 is 2.21 bits per heavy atom. The second kappa shape index (κ2) is 4.13. The zero-order valence-corrected chi connectivity index (χ0v) is 10.8. The van der Waals surface area contributed by atoms with E-state index in [-0.39, 0.29) is 11.8 Å². The SMILES string of the molecule is C[C@H](c1nnc(N)s1)N1C(=O)c2ccccc2C1=O. The van der Waals surface area contributed by atoms with Gasteiger partial charge < -0.3 is 5.73 Å². The number of anilines is 1. The largest absolute Gasteiger partial charge is 0.374 e. The van der Waals surface area contributed by atoms with Crippen LogP contribution < -0.4 is 5.73 Å². The fraction of sp³-hybridized carbons (Fsp3) is 0.167. The Labute approximate surface area is 112 Å². The Bertz CT molecular complexity index is 647. The first-order chi connectivity index (χ1) is 9.09. The number of carbonyl (C=O) groups excluding carboxylic acids is 2. The summed E-state index contributed by atoms with van der Waals surface area (Å²) in [5.74, 6) is -0.608. The molecule has 6 nitrogen and oxygen atoms in total. The average Bonchev–Trinajstić information content (AvgIpc) is 2.94. The lowest BCUT2D eigenvalue weighted by atomic mass is 10.1. The second-order valence-corrected chi connectivity index (χ2v) is 5.22. The van der Waals surface area contributed by atoms with Gasteiger partial charge in [-0.15, -0.1) is 10.2 Å². The molecule has 1 atom stereocenters. The Morgan fingerprint density at radius 2 is 1.74 bits per heavy atom. The molecule has 2 aromatic rings. The van der Waals surface area contributed by atoms with Crippen molar-refractivity contribution in [2.24, 2.45) is 0 Å². The molecule has 0 spiro atoms. The van der Waals surface area contributed by atoms with Crippen molar-refractivity contribution >= 4 is 28.3 Å². The molecule has 7 heteroatoms. The second-order valence-electron chi connectivity index (χ2n) is 4.18. The van der Waals surface area contributed by atoms with E-state index in [1.54, 1.807) is 31.2 Å². The summed E-state index contributed by atoms with van der Waals surface area (Å²) in [4.78, 5) is 25.7. The Kier molecular flexibility index (Phi) is 2.56. The topological polar surface area (TPSA) is 89.2 Å². The molecule has 0 saturated carbocycles. The van der Waals surface area contributed by atoms with Gasteiger partial charge in [-0.05, 0) is 19.1 Å². The highest BCUT2D eigenvalue weighted by atomic mass is 32.1. The number of benzene rings is 1. The minimum atomic E-state index is -0.470. The van der Waals surface area contributed by atoms with Crippen LogP contribution in [0.2, 0.25) is 0 Å². The van der Waals surface area contributed by atoms with Crippen LogP contribution in [0, 0.1) is 0 Å². The van der Waals surface area contributed by atoms with E-state index in [0.29, 0.717) is 21.3 Å². The van der Waals surface area contributed by atoms with Gasteiger partial charge in [0, 0.05) is 0 Å². The molecule has 96 valence electrons. The predicted octanol–water partition coefficient (Wildman–Crippen LogP) is 1.48. The minimum absolute atomic E-state index is 0.304. The van der Waals surface area contributed by atoms with Crippen LogP contribution in [0.1, 0.15) is 38.7 Å². The van der Waals surface area contributed by atoms with Gasteiger partial charge >= 0.3 is 0 Å². The number of rotatable bonds is 2. The molecule has 1 aliphatic heterocycles. The first-order valence-corrected chi connectivity index (χ1v) is 6.47. The molecule has 19 heavy (non-hydrogen) atoms. The number of nitrogen functional groups attached to an aromatic ring is 1. The van der Waals surface area contributed by atoms with E-state index in [1.165, 1.54) is 16.2 Å². The Morgan fingerprint density at radius 1 is 1.16 bits per heavy atom. The number of hydrogen-bond donors (Lipinski definition) is 1. The van der Waals surface area contributed by atoms with Crippen molar-refractivity contribution in [2.75, 3.05) is 5.73 Å². The molecule has 3 rings (SSSR count). The van der Waals surface area contributed by atoms with E-state index < -0.39 is 6.04 Å². The molecule has 0 radical (unpaired) electrons. The van der Waals surface area contributed by atoms with Gasteiger partial charge in [-0.1, -0.05) is 23.5 Å². The van der Waals surface area contributed by atoms with Crippen LogP contribution in [0.4, 0.5) is 5.13 Å². The summed E-state index contributed by atoms with van der Waals surface area (Å²) in [5, 5.41) is 8.46. The van der Waals surface area contributed by atoms with Crippen LogP contribution in [0.25, 0.3) is 0 Å². The van der Waals surface area contributed by atoms with Crippen LogP contribution in [-0.2, 0) is 0 Å². The lowest BCUT2D eigenvalue weighted by molar-refractivity contribution is 0.0594. The van der Waals surface area contributed by atoms with Crippen molar-refractivity contribution < 1.29 is 9.59 Å². The van der Waals surface area contributed by atoms with Crippen LogP contribution in [0.15, 0.2) is 24.3 Å². The highest BCUT2D eigenvalue weighted by molar-refractivity contribution is 7.15. The van der Waals surface area contributed by atoms with E-state index in [9.17, 15) is 9.59 Å². The molecular formula is C12H10N4O2S. The number of nitrogens with two attached hydrogens (primary N) is 1. The number of amides is 2. The van der Waals surface area contributed by atoms with E-state index >= 15 is 0 Å². The van der Waals surface area contributed by atoms with Crippen LogP contribution in [0.5, 0.6) is 0 Å². The Balaban J connectivity index is 2.00. The third-order valence-electron chi connectivity index (χ3n) is 3.03. The predicted molar refractivity (Wildman–Crippen MR) is 69.7 cm³/mol. The van der Waals surface area contributed by atoms with Crippen molar-refractivity contribution in [3.8, 4) is 0 Å². The first kappa shape index (κ1) is 11.8. The fourth-order valence-electron chi connectivity index (χ4n) is 2.09. The molecule has 0 aliphatic carbocycles. The van der Waals surface area contributed by atoms with Gasteiger partial charge in [-0.2, -0.15) is 0 Å². The number of carbonyl (C=O) groups is 2. The smallest absolute Gasteiger partial charge is 0.262 e. The third-order valence-corrected chi connectivity index (χ3v) is 3.95. The summed E-state index contributed by atoms with van der Waals surface area (Å²) in [7, 11) is 0. The normalized spacial score (nSPS) is 15.7. The van der Waals surface area contributed by atoms with Gasteiger partial charge in [-0.25, -0.2) is 0 Å². The van der Waals surface area contributed by atoms with E-state index in [4.69, 9.17) is 5.73 Å². The Hall–Kier alpha value is -2.28. The van der Waals surface area contributed by atoms with Crippen molar-refractivity contribution in [3.05, 3.63) is 40.4 Å². The lowest BCUT2D eigenvalue weighted by Gasteiger charge is -2.19. The highest BCUT2D eigenvalue weighted by Crippen LogP contribution is 2.32. The number of hydrogen-bond acceptors (Lipinski definition) is 6. The summed E-state index contributed by atoms with van der Waals surface area (Å²) in [6, 6.07) is 6.30. The molecular weight excluding hydrogens is 264 g/mol. The molecule has 0 bridgehead atoms. The maximum Gasteiger partial charge on any atom is 0.262 e. The van der Waals surface area contributed by atoms with E-state index in [1.807, 2.05) is 0 Å². The number of fused-ring (bicyclic) bond motifs is 1. The zero-order valence-electron chi connectivity index (χ0n) is 10.0. The van der Waals surface area contributed by atoms with Crippen LogP contribution >= 0.6 is 11.3 Å². The standard InChI is InChI=1S/C12H10N4O2S/c1-6(9-14-15-12(13)19-9)16-10(17)7-4-2-3-5-8(7)11(16)18/h2-6H,1H3,(H2,13,15)/t6-/m1/s1. The molecule has 0 saturated heterocycles. The summed E-state index contributed by atoms with van der Waals surface area (Å²) < 4.78 is 0. The number of imide groups is 1. The van der Waals surface area contributed by atoms with Gasteiger partial charge in [0.1, 0.15) is 5.01 Å². The monoisotopic (exact) mass is 274 g/mol. The molecule has 2 N–H and O–H groups in total. The maximum atomic E-state index is 12.3. The molecule has 1 aromatic heterocycles. The minimum Gasteiger partial charge on any atom is -0.374 e. The first-order valence-electron chi connectivity index (χ1n) is 5.65. The number of nitrogens with zero attached hydrogens (tertiary/aromatic N) is 3. The van der Waals surface area contributed by atoms with Crippen LogP contribution in [0.3, 0.4) is 0 Å². The van der Waals surface area contributed by atoms with Crippen molar-refractivity contribution in [2.45, 2.75) is 13.0 Å². The fourth-order valence-corrected chi connectivity index (χ4v) is 2.74. The summed E-state index contributed by atoms with van der Waals surface area (Å²) in [6.07, 6.45) is 0. The van der Waals surface area contributed by atoms with Crippen molar-refractivity contribution in [3.63, 3.8) is 0 Å². The van der Waals surface area contributed by atoms with Crippen LogP contribution in [-0.4, -0.2) is 26.9 Å². The zero-order chi connectivity index (χ0) is 13.6. The molecule has 0 unspecified atom stereocenters. The summed E-state index contributed by atoms with van der Waals surface area (Å²) >= 11 is 1.17. The van der Waals surface area contributed by atoms with Gasteiger partial charge in [0.05, 0.1) is 17.2 Å². The van der Waals surface area contributed by atoms with E-state index in [0.717, 1.165) is 0 Å². The maximum absolute atomic E-state index is 12.3. The van der Waals surface area contributed by atoms with Crippen molar-refractivity contribution in [1.82, 2.24) is 15.1 Å². The molecule has 2 amide bonds. The number of aromatic nitrogens is 2. The quantitative estimate of drug-likeness (QED) is 0.838. The van der Waals surface area contributed by atoms with E-state index in [2.05, 4.69) is 10.2 Å². The van der Waals surface area contributed by atoms with Crippen molar-refractivity contribution in [1.29, 1.82) is 0 Å². The molecule has 1 aromatic carbocycles. The molecule has 1 aliphatic rings. The third kappa shape index (κ3) is 1.70. The van der Waals surface area contributed by atoms with Gasteiger partial charge in [-0.3, -0.25) is 14.5 Å². The molecule has 0 fully saturated rings. The summed E-state index contributed by atoms with van der Waals surface area (Å²) in [5.41, 5.74) is 6.38. The summed E-state index contributed by atoms with van der Waals surface area (Å²) in [6.45, 7) is 1.74.